The van der Waals surface area contributed by atoms with Crippen LogP contribution < -0.4 is 25.4 Å². The number of thiazole rings is 1. The summed E-state index contributed by atoms with van der Waals surface area (Å²) in [5.41, 5.74) is 8.50. The van der Waals surface area contributed by atoms with Gasteiger partial charge in [-0.05, 0) is 24.3 Å². The van der Waals surface area contributed by atoms with Crippen LogP contribution in [0.15, 0.2) is 42.5 Å². The molecule has 3 aromatic rings. The monoisotopic (exact) mass is 495 g/mol. The smallest absolute Gasteiger partial charge is 0.324 e. The van der Waals surface area contributed by atoms with Gasteiger partial charge in [-0.3, -0.25) is 9.69 Å². The molecule has 0 atom stereocenters. The highest BCUT2D eigenvalue weighted by atomic mass is 32.1. The van der Waals surface area contributed by atoms with Gasteiger partial charge in [-0.2, -0.15) is 0 Å². The van der Waals surface area contributed by atoms with E-state index in [1.807, 2.05) is 6.07 Å². The van der Waals surface area contributed by atoms with E-state index in [9.17, 15) is 9.59 Å². The molecule has 0 saturated carbocycles. The Kier molecular flexibility index (Phi) is 6.43. The summed E-state index contributed by atoms with van der Waals surface area (Å²) in [6.45, 7) is 1.80. The number of nitrogen functional groups attached to an aromatic ring is 1. The zero-order chi connectivity index (χ0) is 24.4. The Hall–Kier alpha value is -3.83. The van der Waals surface area contributed by atoms with E-state index >= 15 is 0 Å². The number of amides is 3. The lowest BCUT2D eigenvalue weighted by Crippen LogP contribution is -2.46. The minimum Gasteiger partial charge on any atom is -0.454 e. The van der Waals surface area contributed by atoms with Crippen molar-refractivity contribution < 1.29 is 23.8 Å². The van der Waals surface area contributed by atoms with Crippen molar-refractivity contribution in [3.63, 3.8) is 0 Å². The highest BCUT2D eigenvalue weighted by Crippen LogP contribution is 2.36. The van der Waals surface area contributed by atoms with Crippen LogP contribution in [0.3, 0.4) is 0 Å². The number of aromatic nitrogens is 1. The van der Waals surface area contributed by atoms with E-state index in [0.717, 1.165) is 10.6 Å². The minimum absolute atomic E-state index is 0.150. The Balaban J connectivity index is 1.32. The molecule has 2 aromatic carbocycles. The summed E-state index contributed by atoms with van der Waals surface area (Å²) >= 11 is 1.29. The van der Waals surface area contributed by atoms with Gasteiger partial charge in [-0.25, -0.2) is 9.78 Å². The molecule has 182 valence electrons. The highest BCUT2D eigenvalue weighted by Gasteiger charge is 2.30. The molecule has 0 spiro atoms. The van der Waals surface area contributed by atoms with E-state index in [-0.39, 0.29) is 18.7 Å². The van der Waals surface area contributed by atoms with E-state index in [1.165, 1.54) is 11.3 Å². The quantitative estimate of drug-likeness (QED) is 0.504. The molecule has 3 heterocycles. The minimum atomic E-state index is -0.317. The van der Waals surface area contributed by atoms with Gasteiger partial charge in [0.15, 0.2) is 16.5 Å². The molecule has 1 aromatic heterocycles. The SMILES string of the molecule is COCCN(C(=O)N1CCc2nc(C(=O)Nc3ccccc3N)sc2C1)c1ccc2c(c1)OCO2. The molecular weight excluding hydrogens is 470 g/mol. The topological polar surface area (TPSA) is 119 Å². The molecule has 0 aliphatic carbocycles. The number of methoxy groups -OCH3 is 1. The number of hydrogen-bond donors (Lipinski definition) is 2. The average molecular weight is 496 g/mol. The van der Waals surface area contributed by atoms with E-state index in [2.05, 4.69) is 10.3 Å². The number of urea groups is 1. The van der Waals surface area contributed by atoms with Crippen molar-refractivity contribution >= 4 is 40.3 Å². The molecule has 0 radical (unpaired) electrons. The first kappa shape index (κ1) is 22.9. The number of fused-ring (bicyclic) bond motifs is 2. The molecule has 0 bridgehead atoms. The third kappa shape index (κ3) is 4.73. The number of nitrogens with one attached hydrogen (secondary N) is 1. The number of rotatable bonds is 6. The second-order valence-electron chi connectivity index (χ2n) is 8.07. The van der Waals surface area contributed by atoms with Crippen LogP contribution in [0.2, 0.25) is 0 Å². The van der Waals surface area contributed by atoms with E-state index in [4.69, 9.17) is 19.9 Å². The summed E-state index contributed by atoms with van der Waals surface area (Å²) < 4.78 is 16.1. The Morgan fingerprint density at radius 2 is 2.06 bits per heavy atom. The first-order valence-electron chi connectivity index (χ1n) is 11.1. The standard InChI is InChI=1S/C24H25N5O5S/c1-32-11-10-29(15-6-7-19-20(12-15)34-14-33-19)24(31)28-9-8-18-21(13-28)35-23(27-18)22(30)26-17-5-3-2-4-16(17)25/h2-7,12H,8-11,13-14,25H2,1H3,(H,26,30). The fraction of sp³-hybridized carbons (Fsp3) is 0.292. The number of anilines is 3. The van der Waals surface area contributed by atoms with Gasteiger partial charge in [0, 0.05) is 36.7 Å². The van der Waals surface area contributed by atoms with Crippen LogP contribution >= 0.6 is 11.3 Å². The molecule has 2 aliphatic heterocycles. The Bertz CT molecular complexity index is 1260. The highest BCUT2D eigenvalue weighted by molar-refractivity contribution is 7.13. The van der Waals surface area contributed by atoms with Crippen molar-refractivity contribution in [3.05, 3.63) is 58.0 Å². The maximum absolute atomic E-state index is 13.5. The van der Waals surface area contributed by atoms with Crippen LogP contribution in [0.4, 0.5) is 21.9 Å². The van der Waals surface area contributed by atoms with Crippen LogP contribution in [-0.2, 0) is 17.7 Å². The molecule has 35 heavy (non-hydrogen) atoms. The summed E-state index contributed by atoms with van der Waals surface area (Å²) in [6.07, 6.45) is 0.567. The van der Waals surface area contributed by atoms with Crippen LogP contribution in [0.5, 0.6) is 11.5 Å². The molecule has 3 N–H and O–H groups in total. The first-order valence-corrected chi connectivity index (χ1v) is 11.9. The maximum atomic E-state index is 13.5. The maximum Gasteiger partial charge on any atom is 0.324 e. The summed E-state index contributed by atoms with van der Waals surface area (Å²) in [5, 5.41) is 3.16. The largest absolute Gasteiger partial charge is 0.454 e. The van der Waals surface area contributed by atoms with Crippen molar-refractivity contribution in [2.75, 3.05) is 49.5 Å². The Morgan fingerprint density at radius 3 is 2.89 bits per heavy atom. The zero-order valence-corrected chi connectivity index (χ0v) is 20.0. The number of carbonyl (C=O) groups excluding carboxylic acids is 2. The van der Waals surface area contributed by atoms with E-state index < -0.39 is 0 Å². The molecule has 3 amide bonds. The van der Waals surface area contributed by atoms with Gasteiger partial charge >= 0.3 is 6.03 Å². The summed E-state index contributed by atoms with van der Waals surface area (Å²) in [5.74, 6) is 0.946. The van der Waals surface area contributed by atoms with Gasteiger partial charge in [0.05, 0.1) is 36.8 Å². The predicted octanol–water partition coefficient (Wildman–Crippen LogP) is 3.34. The lowest BCUT2D eigenvalue weighted by Gasteiger charge is -2.32. The molecule has 0 unspecified atom stereocenters. The van der Waals surface area contributed by atoms with Gasteiger partial charge < -0.3 is 30.2 Å². The zero-order valence-electron chi connectivity index (χ0n) is 19.2. The number of nitrogens with two attached hydrogens (primary N) is 1. The van der Waals surface area contributed by atoms with Gasteiger partial charge in [-0.15, -0.1) is 11.3 Å². The molecule has 0 fully saturated rings. The lowest BCUT2D eigenvalue weighted by molar-refractivity contribution is 0.102. The number of nitrogens with zero attached hydrogens (tertiary/aromatic N) is 3. The van der Waals surface area contributed by atoms with Crippen LogP contribution in [0, 0.1) is 0 Å². The number of ether oxygens (including phenoxy) is 3. The summed E-state index contributed by atoms with van der Waals surface area (Å²) in [7, 11) is 1.60. The van der Waals surface area contributed by atoms with Crippen molar-refractivity contribution in [1.82, 2.24) is 9.88 Å². The predicted molar refractivity (Wildman–Crippen MR) is 132 cm³/mol. The number of benzene rings is 2. The van der Waals surface area contributed by atoms with E-state index in [1.54, 1.807) is 53.3 Å². The normalized spacial score (nSPS) is 13.9. The van der Waals surface area contributed by atoms with Gasteiger partial charge in [0.25, 0.3) is 5.91 Å². The summed E-state index contributed by atoms with van der Waals surface area (Å²) in [4.78, 5) is 35.2. The molecule has 0 saturated heterocycles. The van der Waals surface area contributed by atoms with Gasteiger partial charge in [0.2, 0.25) is 6.79 Å². The molecule has 5 rings (SSSR count). The van der Waals surface area contributed by atoms with Crippen LogP contribution in [0.25, 0.3) is 0 Å². The fourth-order valence-corrected chi connectivity index (χ4v) is 5.00. The molecule has 10 nitrogen and oxygen atoms in total. The number of para-hydroxylation sites is 2. The number of hydrogen-bond acceptors (Lipinski definition) is 8. The lowest BCUT2D eigenvalue weighted by atomic mass is 10.2. The van der Waals surface area contributed by atoms with Crippen molar-refractivity contribution in [2.24, 2.45) is 0 Å². The number of carbonyl (C=O) groups is 2. The van der Waals surface area contributed by atoms with Crippen molar-refractivity contribution in [1.29, 1.82) is 0 Å². The second-order valence-corrected chi connectivity index (χ2v) is 9.15. The summed E-state index contributed by atoms with van der Waals surface area (Å²) in [6, 6.07) is 12.4. The fourth-order valence-electron chi connectivity index (χ4n) is 3.98. The Labute approximate surface area is 206 Å². The third-order valence-corrected chi connectivity index (χ3v) is 6.90. The van der Waals surface area contributed by atoms with Crippen LogP contribution in [-0.4, -0.2) is 55.4 Å². The second kappa shape index (κ2) is 9.80. The van der Waals surface area contributed by atoms with Crippen molar-refractivity contribution in [3.8, 4) is 11.5 Å². The molecular formula is C24H25N5O5S. The van der Waals surface area contributed by atoms with E-state index in [0.29, 0.717) is 66.2 Å². The average Bonchev–Trinajstić information content (AvgIpc) is 3.51. The first-order chi connectivity index (χ1) is 17.0. The third-order valence-electron chi connectivity index (χ3n) is 5.82. The molecule has 2 aliphatic rings. The van der Waals surface area contributed by atoms with Gasteiger partial charge in [-0.1, -0.05) is 12.1 Å². The Morgan fingerprint density at radius 1 is 1.23 bits per heavy atom. The van der Waals surface area contributed by atoms with Gasteiger partial charge in [0.1, 0.15) is 0 Å². The van der Waals surface area contributed by atoms with Crippen molar-refractivity contribution in [2.45, 2.75) is 13.0 Å². The van der Waals surface area contributed by atoms with Crippen LogP contribution in [0.1, 0.15) is 20.4 Å². The molecule has 11 heteroatoms.